The Kier molecular flexibility index (Phi) is 8.74. The summed E-state index contributed by atoms with van der Waals surface area (Å²) in [5.74, 6) is 25.2. The van der Waals surface area contributed by atoms with E-state index in [9.17, 15) is 5.21 Å². The van der Waals surface area contributed by atoms with Gasteiger partial charge in [-0.25, -0.2) is 0 Å². The quantitative estimate of drug-likeness (QED) is 0.110. The van der Waals surface area contributed by atoms with E-state index in [0.717, 1.165) is 77.7 Å². The molecule has 1 N–H and O–H groups in total. The van der Waals surface area contributed by atoms with Crippen LogP contribution in [0.4, 0.5) is 0 Å². The summed E-state index contributed by atoms with van der Waals surface area (Å²) >= 11 is 0. The molecule has 0 amide bonds. The first-order chi connectivity index (χ1) is 22.2. The Labute approximate surface area is 274 Å². The van der Waals surface area contributed by atoms with Crippen molar-refractivity contribution in [3.63, 3.8) is 0 Å². The van der Waals surface area contributed by atoms with Gasteiger partial charge in [0.05, 0.1) is 5.71 Å². The van der Waals surface area contributed by atoms with E-state index in [1.807, 2.05) is 0 Å². The number of nitrogens with zero attached hydrogens (tertiary/aromatic N) is 1. The van der Waals surface area contributed by atoms with Crippen LogP contribution < -0.4 is 0 Å². The summed E-state index contributed by atoms with van der Waals surface area (Å²) < 4.78 is 0. The lowest BCUT2D eigenvalue weighted by molar-refractivity contribution is 0.0411. The lowest BCUT2D eigenvalue weighted by Crippen LogP contribution is -2.43. The van der Waals surface area contributed by atoms with Crippen LogP contribution in [0.2, 0.25) is 0 Å². The Hall–Kier alpha value is -1.93. The normalized spacial score (nSPS) is 46.1. The van der Waals surface area contributed by atoms with E-state index in [2.05, 4.69) is 54.8 Å². The number of hydrogen-bond acceptors (Lipinski definition) is 2. The van der Waals surface area contributed by atoms with Crippen molar-refractivity contribution in [2.24, 2.45) is 88.0 Å². The monoisotopic (exact) mass is 605 g/mol. The fourth-order valence-corrected chi connectivity index (χ4v) is 13.7. The van der Waals surface area contributed by atoms with Crippen LogP contribution in [0.1, 0.15) is 129 Å². The molecule has 8 rings (SSSR count). The summed E-state index contributed by atoms with van der Waals surface area (Å²) in [5.41, 5.74) is 4.58. The van der Waals surface area contributed by atoms with E-state index < -0.39 is 0 Å². The Balaban J connectivity index is 0.930. The second kappa shape index (κ2) is 12.9. The van der Waals surface area contributed by atoms with Crippen molar-refractivity contribution in [3.05, 3.63) is 23.3 Å². The van der Waals surface area contributed by atoms with Crippen LogP contribution in [0.3, 0.4) is 0 Å². The van der Waals surface area contributed by atoms with Crippen molar-refractivity contribution in [3.8, 4) is 23.7 Å². The SMILES string of the molecule is CCC#C[C@@H]1CC[C@H]2[C@@H]3CCC4=CC(C(=NO)C5C=C6CC[C@H]7[C@@H]8CC[C@@H](C#CCC)[C@H]8CC[C@@H]7[C@H]6CC5)CC[C@@H]4[C@H]3CC[C@@H]21. The molecule has 0 spiro atoms. The van der Waals surface area contributed by atoms with Gasteiger partial charge in [0.15, 0.2) is 0 Å². The van der Waals surface area contributed by atoms with E-state index in [-0.39, 0.29) is 0 Å². The average molecular weight is 606 g/mol. The molecule has 2 heteroatoms. The van der Waals surface area contributed by atoms with Crippen LogP contribution in [0.15, 0.2) is 28.5 Å². The van der Waals surface area contributed by atoms with Gasteiger partial charge >= 0.3 is 0 Å². The minimum atomic E-state index is 0.346. The van der Waals surface area contributed by atoms with E-state index in [0.29, 0.717) is 23.7 Å². The largest absolute Gasteiger partial charge is 0.411 e. The van der Waals surface area contributed by atoms with Gasteiger partial charge in [-0.1, -0.05) is 54.1 Å². The first kappa shape index (κ1) is 30.4. The first-order valence-electron chi connectivity index (χ1n) is 19.8. The highest BCUT2D eigenvalue weighted by Gasteiger charge is 2.52. The summed E-state index contributed by atoms with van der Waals surface area (Å²) in [5, 5.41) is 14.6. The molecule has 8 aliphatic carbocycles. The molecule has 0 aromatic heterocycles. The third kappa shape index (κ3) is 5.38. The number of hydrogen-bond donors (Lipinski definition) is 1. The molecule has 242 valence electrons. The molecule has 0 aromatic carbocycles. The zero-order valence-electron chi connectivity index (χ0n) is 28.4. The molecular formula is C43H59NO. The minimum absolute atomic E-state index is 0.346. The van der Waals surface area contributed by atoms with Gasteiger partial charge in [-0.15, -0.1) is 11.8 Å². The third-order valence-electron chi connectivity index (χ3n) is 15.4. The molecule has 0 aromatic rings. The second-order valence-corrected chi connectivity index (χ2v) is 16.8. The summed E-state index contributed by atoms with van der Waals surface area (Å²) in [4.78, 5) is 0. The van der Waals surface area contributed by atoms with Crippen molar-refractivity contribution < 1.29 is 5.21 Å². The van der Waals surface area contributed by atoms with Crippen LogP contribution in [0.5, 0.6) is 0 Å². The summed E-state index contributed by atoms with van der Waals surface area (Å²) in [6.07, 6.45) is 28.9. The molecule has 0 heterocycles. The Bertz CT molecular complexity index is 1230. The first-order valence-corrected chi connectivity index (χ1v) is 19.8. The summed E-state index contributed by atoms with van der Waals surface area (Å²) in [6, 6.07) is 0. The molecule has 6 fully saturated rings. The van der Waals surface area contributed by atoms with Crippen molar-refractivity contribution in [2.45, 2.75) is 129 Å². The molecule has 14 atom stereocenters. The molecule has 0 radical (unpaired) electrons. The second-order valence-electron chi connectivity index (χ2n) is 16.8. The van der Waals surface area contributed by atoms with Gasteiger partial charge in [0.2, 0.25) is 0 Å². The maximum Gasteiger partial charge on any atom is 0.0707 e. The predicted molar refractivity (Wildman–Crippen MR) is 184 cm³/mol. The molecule has 0 aliphatic heterocycles. The fraction of sp³-hybridized carbons (Fsp3) is 0.791. The number of allylic oxidation sites excluding steroid dienone is 4. The molecule has 0 saturated heterocycles. The Morgan fingerprint density at radius 1 is 0.556 bits per heavy atom. The number of fused-ring (bicyclic) bond motifs is 10. The van der Waals surface area contributed by atoms with Crippen molar-refractivity contribution in [1.82, 2.24) is 0 Å². The summed E-state index contributed by atoms with van der Waals surface area (Å²) in [7, 11) is 0. The van der Waals surface area contributed by atoms with Crippen LogP contribution in [0.25, 0.3) is 0 Å². The van der Waals surface area contributed by atoms with E-state index in [1.54, 1.807) is 11.1 Å². The lowest BCUT2D eigenvalue weighted by Gasteiger charge is -2.51. The van der Waals surface area contributed by atoms with E-state index in [4.69, 9.17) is 0 Å². The third-order valence-corrected chi connectivity index (χ3v) is 15.4. The molecule has 45 heavy (non-hydrogen) atoms. The van der Waals surface area contributed by atoms with Crippen LogP contribution >= 0.6 is 0 Å². The Morgan fingerprint density at radius 3 is 1.42 bits per heavy atom. The highest BCUT2D eigenvalue weighted by Crippen LogP contribution is 2.60. The van der Waals surface area contributed by atoms with Gasteiger partial charge in [0.1, 0.15) is 0 Å². The molecule has 6 saturated carbocycles. The predicted octanol–water partition coefficient (Wildman–Crippen LogP) is 10.5. The highest BCUT2D eigenvalue weighted by molar-refractivity contribution is 5.91. The van der Waals surface area contributed by atoms with E-state index in [1.165, 1.54) is 103 Å². The van der Waals surface area contributed by atoms with Crippen LogP contribution in [-0.2, 0) is 0 Å². The lowest BCUT2D eigenvalue weighted by atomic mass is 9.54. The van der Waals surface area contributed by atoms with Gasteiger partial charge in [-0.3, -0.25) is 0 Å². The van der Waals surface area contributed by atoms with Gasteiger partial charge in [-0.2, -0.15) is 0 Å². The zero-order chi connectivity index (χ0) is 30.5. The maximum atomic E-state index is 10.5. The summed E-state index contributed by atoms with van der Waals surface area (Å²) in [6.45, 7) is 4.39. The van der Waals surface area contributed by atoms with Gasteiger partial charge in [0.25, 0.3) is 0 Å². The van der Waals surface area contributed by atoms with Gasteiger partial charge < -0.3 is 5.21 Å². The standard InChI is InChI=1S/C43H59NO/c1-3-5-7-27-9-17-37-33(27)21-23-39-35-15-13-31(25-29(35)11-19-41(37)39)43(44-45)32-14-16-36-30(26-32)12-20-42-38-18-10-28(8-6-4-2)34(38)22-24-40(36)42/h25-28,31-42,45H,3-4,9-24H2,1-2H3/t27-,28-,31?,32?,33-,34-,35+,36+,37-,38-,39-,40-,41+,42+/m1/s1. The van der Waals surface area contributed by atoms with Crippen LogP contribution in [-0.4, -0.2) is 10.9 Å². The fourth-order valence-electron chi connectivity index (χ4n) is 13.7. The molecular weight excluding hydrogens is 546 g/mol. The topological polar surface area (TPSA) is 32.6 Å². The van der Waals surface area contributed by atoms with E-state index >= 15 is 0 Å². The Morgan fingerprint density at radius 2 is 0.978 bits per heavy atom. The van der Waals surface area contributed by atoms with Crippen molar-refractivity contribution >= 4 is 5.71 Å². The molecule has 2 unspecified atom stereocenters. The van der Waals surface area contributed by atoms with Crippen molar-refractivity contribution in [2.75, 3.05) is 0 Å². The average Bonchev–Trinajstić information content (AvgIpc) is 3.70. The minimum Gasteiger partial charge on any atom is -0.411 e. The van der Waals surface area contributed by atoms with Gasteiger partial charge in [0, 0.05) is 36.5 Å². The van der Waals surface area contributed by atoms with Gasteiger partial charge in [-0.05, 0) is 162 Å². The molecule has 2 nitrogen and oxygen atoms in total. The smallest absolute Gasteiger partial charge is 0.0707 e. The highest BCUT2D eigenvalue weighted by atomic mass is 16.4. The number of rotatable bonds is 2. The van der Waals surface area contributed by atoms with Crippen LogP contribution in [0, 0.1) is 107 Å². The molecule has 0 bridgehead atoms. The molecule has 8 aliphatic rings. The zero-order valence-corrected chi connectivity index (χ0v) is 28.4. The maximum absolute atomic E-state index is 10.5. The van der Waals surface area contributed by atoms with Crippen molar-refractivity contribution in [1.29, 1.82) is 0 Å². The number of oxime groups is 1.